The molecule has 3 aromatic rings. The Morgan fingerprint density at radius 2 is 1.67 bits per heavy atom. The van der Waals surface area contributed by atoms with Crippen molar-refractivity contribution < 1.29 is 30.9 Å². The van der Waals surface area contributed by atoms with E-state index in [2.05, 4.69) is 25.6 Å². The number of pyridine rings is 1. The first kappa shape index (κ1) is 27.4. The maximum Gasteiger partial charge on any atom is 0.421 e. The largest absolute Gasteiger partial charge is 0.479 e. The third-order valence-electron chi connectivity index (χ3n) is 5.00. The van der Waals surface area contributed by atoms with Crippen molar-refractivity contribution in [2.75, 3.05) is 31.1 Å². The van der Waals surface area contributed by atoms with Crippen LogP contribution in [-0.4, -0.2) is 49.1 Å². The molecule has 0 unspecified atom stereocenters. The van der Waals surface area contributed by atoms with E-state index in [9.17, 15) is 26.2 Å². The Hall–Kier alpha value is -3.18. The number of alkyl halides is 3. The lowest BCUT2D eigenvalue weighted by Crippen LogP contribution is -2.17. The van der Waals surface area contributed by atoms with E-state index in [0.717, 1.165) is 0 Å². The van der Waals surface area contributed by atoms with Gasteiger partial charge in [-0.15, -0.1) is 0 Å². The second-order valence-corrected chi connectivity index (χ2v) is 14.0. The molecule has 0 atom stereocenters. The summed E-state index contributed by atoms with van der Waals surface area (Å²) in [6, 6.07) is 8.63. The van der Waals surface area contributed by atoms with Crippen molar-refractivity contribution in [2.24, 2.45) is 0 Å². The number of anilines is 4. The third kappa shape index (κ3) is 5.96. The Balaban J connectivity index is 2.07. The highest BCUT2D eigenvalue weighted by Gasteiger charge is 2.36. The highest BCUT2D eigenvalue weighted by atomic mass is 32.2. The number of rotatable bonds is 8. The predicted molar refractivity (Wildman–Crippen MR) is 132 cm³/mol. The quantitative estimate of drug-likeness (QED) is 0.385. The number of aromatic nitrogens is 3. The molecule has 2 aromatic heterocycles. The Bertz CT molecular complexity index is 1430. The molecule has 36 heavy (non-hydrogen) atoms. The van der Waals surface area contributed by atoms with Crippen LogP contribution in [-0.2, 0) is 20.6 Å². The molecular formula is C22H25F3N5O4PS. The van der Waals surface area contributed by atoms with Gasteiger partial charge in [0.2, 0.25) is 11.8 Å². The molecule has 0 spiro atoms. The minimum atomic E-state index is -4.82. The standard InChI is InChI=1S/C22H25F3N5O4PS/c1-13(2)36(32,33)17-9-7-6-8-15(17)27-19-14(22(23,24)25)12-26-21(30-19)28-16-10-11-18(35(4,5)31)29-20(16)34-3/h6-13H,1-5H3,(H2,26,27,28,30). The maximum absolute atomic E-state index is 13.7. The normalized spacial score (nSPS) is 12.5. The van der Waals surface area contributed by atoms with E-state index in [4.69, 9.17) is 4.74 Å². The van der Waals surface area contributed by atoms with Crippen LogP contribution in [0.1, 0.15) is 19.4 Å². The van der Waals surface area contributed by atoms with Gasteiger partial charge in [0.05, 0.1) is 22.9 Å². The van der Waals surface area contributed by atoms with Gasteiger partial charge in [-0.2, -0.15) is 18.2 Å². The van der Waals surface area contributed by atoms with Crippen molar-refractivity contribution in [3.05, 3.63) is 48.2 Å². The number of ether oxygens (including phenoxy) is 1. The van der Waals surface area contributed by atoms with E-state index in [-0.39, 0.29) is 28.1 Å². The van der Waals surface area contributed by atoms with Crippen LogP contribution >= 0.6 is 7.14 Å². The molecule has 0 amide bonds. The fourth-order valence-corrected chi connectivity index (χ4v) is 5.01. The number of nitrogens with zero attached hydrogens (tertiary/aromatic N) is 3. The lowest BCUT2D eigenvalue weighted by atomic mass is 10.2. The fraction of sp³-hybridized carbons (Fsp3) is 0.318. The Morgan fingerprint density at radius 1 is 1.00 bits per heavy atom. The summed E-state index contributed by atoms with van der Waals surface area (Å²) in [5.74, 6) is -0.844. The monoisotopic (exact) mass is 543 g/mol. The fourth-order valence-electron chi connectivity index (χ4n) is 3.05. The highest BCUT2D eigenvalue weighted by Crippen LogP contribution is 2.38. The first-order valence-corrected chi connectivity index (χ1v) is 14.7. The Kier molecular flexibility index (Phi) is 7.66. The average molecular weight is 544 g/mol. The summed E-state index contributed by atoms with van der Waals surface area (Å²) in [6.45, 7) is 6.03. The Labute approximate surface area is 206 Å². The molecule has 0 fully saturated rings. The van der Waals surface area contributed by atoms with Gasteiger partial charge in [-0.3, -0.25) is 0 Å². The number of sulfone groups is 1. The molecule has 2 heterocycles. The summed E-state index contributed by atoms with van der Waals surface area (Å²) in [6.07, 6.45) is -4.24. The van der Waals surface area contributed by atoms with Crippen LogP contribution in [0.25, 0.3) is 0 Å². The van der Waals surface area contributed by atoms with Crippen molar-refractivity contribution in [3.8, 4) is 5.88 Å². The van der Waals surface area contributed by atoms with Crippen LogP contribution in [0.4, 0.5) is 36.3 Å². The molecule has 2 N–H and O–H groups in total. The highest BCUT2D eigenvalue weighted by molar-refractivity contribution is 7.92. The number of hydrogen-bond acceptors (Lipinski definition) is 9. The summed E-state index contributed by atoms with van der Waals surface area (Å²) in [7, 11) is -5.17. The predicted octanol–water partition coefficient (Wildman–Crippen LogP) is 4.82. The van der Waals surface area contributed by atoms with Crippen LogP contribution < -0.4 is 20.8 Å². The first-order valence-electron chi connectivity index (χ1n) is 10.6. The molecule has 0 radical (unpaired) electrons. The molecule has 9 nitrogen and oxygen atoms in total. The second kappa shape index (κ2) is 10.1. The van der Waals surface area contributed by atoms with Gasteiger partial charge in [-0.25, -0.2) is 18.4 Å². The number of halogens is 3. The number of nitrogens with one attached hydrogen (secondary N) is 2. The number of para-hydroxylation sites is 1. The van der Waals surface area contributed by atoms with Crippen LogP contribution in [0.3, 0.4) is 0 Å². The van der Waals surface area contributed by atoms with Crippen LogP contribution in [0.15, 0.2) is 47.5 Å². The topological polar surface area (TPSA) is 123 Å². The van der Waals surface area contributed by atoms with Gasteiger partial charge in [-0.05, 0) is 51.4 Å². The van der Waals surface area contributed by atoms with E-state index >= 15 is 0 Å². The molecule has 14 heteroatoms. The number of hydrogen-bond donors (Lipinski definition) is 2. The smallest absolute Gasteiger partial charge is 0.421 e. The zero-order valence-electron chi connectivity index (χ0n) is 20.1. The van der Waals surface area contributed by atoms with E-state index < -0.39 is 39.8 Å². The molecule has 0 aliphatic carbocycles. The van der Waals surface area contributed by atoms with Crippen molar-refractivity contribution in [3.63, 3.8) is 0 Å². The molecule has 0 saturated carbocycles. The lowest BCUT2D eigenvalue weighted by Gasteiger charge is -2.18. The summed E-state index contributed by atoms with van der Waals surface area (Å²) < 4.78 is 84.2. The van der Waals surface area contributed by atoms with Crippen molar-refractivity contribution >= 4 is 45.6 Å². The molecule has 0 aliphatic rings. The zero-order valence-corrected chi connectivity index (χ0v) is 21.8. The minimum Gasteiger partial charge on any atom is -0.479 e. The Morgan fingerprint density at radius 3 is 2.25 bits per heavy atom. The van der Waals surface area contributed by atoms with Crippen molar-refractivity contribution in [1.82, 2.24) is 15.0 Å². The van der Waals surface area contributed by atoms with Gasteiger partial charge < -0.3 is 19.9 Å². The van der Waals surface area contributed by atoms with E-state index in [1.807, 2.05) is 0 Å². The van der Waals surface area contributed by atoms with E-state index in [1.54, 1.807) is 0 Å². The third-order valence-corrected chi connectivity index (χ3v) is 8.56. The molecule has 0 bridgehead atoms. The zero-order chi connectivity index (χ0) is 26.9. The van der Waals surface area contributed by atoms with Gasteiger partial charge >= 0.3 is 6.18 Å². The number of methoxy groups -OCH3 is 1. The van der Waals surface area contributed by atoms with E-state index in [0.29, 0.717) is 11.6 Å². The van der Waals surface area contributed by atoms with Crippen LogP contribution in [0.5, 0.6) is 5.88 Å². The van der Waals surface area contributed by atoms with Crippen molar-refractivity contribution in [2.45, 2.75) is 30.2 Å². The van der Waals surface area contributed by atoms with Gasteiger partial charge in [0.15, 0.2) is 9.84 Å². The van der Waals surface area contributed by atoms with Crippen LogP contribution in [0, 0.1) is 0 Å². The molecule has 3 rings (SSSR count). The van der Waals surface area contributed by atoms with Gasteiger partial charge in [0.1, 0.15) is 29.6 Å². The SMILES string of the molecule is COc1nc(P(C)(C)=O)ccc1Nc1ncc(C(F)(F)F)c(Nc2ccccc2S(=O)(=O)C(C)C)n1. The first-order chi connectivity index (χ1) is 16.6. The molecular weight excluding hydrogens is 518 g/mol. The van der Waals surface area contributed by atoms with Gasteiger partial charge in [0.25, 0.3) is 0 Å². The summed E-state index contributed by atoms with van der Waals surface area (Å²) in [4.78, 5) is 11.7. The van der Waals surface area contributed by atoms with Crippen LogP contribution in [0.2, 0.25) is 0 Å². The summed E-state index contributed by atoms with van der Waals surface area (Å²) in [5, 5.41) is 4.47. The summed E-state index contributed by atoms with van der Waals surface area (Å²) in [5.41, 5.74) is -0.721. The molecule has 1 aromatic carbocycles. The molecule has 0 saturated heterocycles. The lowest BCUT2D eigenvalue weighted by molar-refractivity contribution is -0.137. The number of benzene rings is 1. The summed E-state index contributed by atoms with van der Waals surface area (Å²) >= 11 is 0. The molecule has 0 aliphatic heterocycles. The van der Waals surface area contributed by atoms with Crippen molar-refractivity contribution in [1.29, 1.82) is 0 Å². The van der Waals surface area contributed by atoms with Gasteiger partial charge in [-0.1, -0.05) is 12.1 Å². The average Bonchev–Trinajstić information content (AvgIpc) is 2.78. The second-order valence-electron chi connectivity index (χ2n) is 8.37. The molecule has 194 valence electrons. The van der Waals surface area contributed by atoms with Gasteiger partial charge in [0, 0.05) is 6.20 Å². The van der Waals surface area contributed by atoms with E-state index in [1.165, 1.54) is 70.7 Å². The maximum atomic E-state index is 13.7. The minimum absolute atomic E-state index is 0.0443.